The van der Waals surface area contributed by atoms with Crippen LogP contribution in [0.2, 0.25) is 0 Å². The van der Waals surface area contributed by atoms with Gasteiger partial charge in [-0.15, -0.1) is 0 Å². The Morgan fingerprint density at radius 3 is 1.88 bits per heavy atom. The number of aliphatic hydroxyl groups excluding tert-OH is 1. The smallest absolute Gasteiger partial charge is 0.303 e. The lowest BCUT2D eigenvalue weighted by Gasteiger charge is -2.36. The molecule has 11 heteroatoms. The molecule has 0 aliphatic carbocycles. The molecule has 1 aromatic rings. The molecule has 1 aromatic carbocycles. The van der Waals surface area contributed by atoms with Crippen LogP contribution in [0.5, 0.6) is 5.75 Å². The molecule has 0 amide bonds. The van der Waals surface area contributed by atoms with Crippen LogP contribution in [0.15, 0.2) is 18.2 Å². The number of esters is 4. The third-order valence-corrected chi connectivity index (χ3v) is 4.52. The quantitative estimate of drug-likeness (QED) is 0.205. The average Bonchev–Trinajstić information content (AvgIpc) is 2.68. The van der Waals surface area contributed by atoms with Crippen molar-refractivity contribution in [1.29, 1.82) is 0 Å². The van der Waals surface area contributed by atoms with E-state index >= 15 is 0 Å². The molecule has 0 heterocycles. The molecule has 0 saturated heterocycles. The fraction of sp³-hybridized carbons (Fsp3) is 0.545. The molecule has 0 aromatic heterocycles. The summed E-state index contributed by atoms with van der Waals surface area (Å²) in [5.74, 6) is -3.26. The fourth-order valence-corrected chi connectivity index (χ4v) is 3.16. The minimum Gasteiger partial charge on any atom is -0.465 e. The Bertz CT molecular complexity index is 856. The zero-order valence-corrected chi connectivity index (χ0v) is 19.9. The molecule has 1 rings (SSSR count). The van der Waals surface area contributed by atoms with Crippen molar-refractivity contribution in [1.82, 2.24) is 0 Å². The molecule has 5 atom stereocenters. The molecule has 0 radical (unpaired) electrons. The van der Waals surface area contributed by atoms with Gasteiger partial charge < -0.3 is 28.8 Å². The van der Waals surface area contributed by atoms with Crippen molar-refractivity contribution in [3.05, 3.63) is 23.8 Å². The summed E-state index contributed by atoms with van der Waals surface area (Å²) in [6, 6.07) is 5.23. The van der Waals surface area contributed by atoms with E-state index in [1.165, 1.54) is 6.92 Å². The summed E-state index contributed by atoms with van der Waals surface area (Å²) in [6.45, 7) is 7.71. The first-order valence-corrected chi connectivity index (χ1v) is 10.4. The highest BCUT2D eigenvalue weighted by molar-refractivity contribution is 6.32. The average molecular weight is 466 g/mol. The lowest BCUT2D eigenvalue weighted by Crippen LogP contribution is -2.54. The second-order valence-corrected chi connectivity index (χ2v) is 7.78. The number of hydrogen-bond acceptors (Lipinski definition) is 10. The van der Waals surface area contributed by atoms with Gasteiger partial charge in [-0.25, -0.2) is 0 Å². The Kier molecular flexibility index (Phi) is 10.9. The Morgan fingerprint density at radius 2 is 1.39 bits per heavy atom. The normalized spacial score (nSPS) is 15.2. The number of carbonyl (C=O) groups excluding carboxylic acids is 4. The van der Waals surface area contributed by atoms with Gasteiger partial charge in [0.2, 0.25) is 12.4 Å². The van der Waals surface area contributed by atoms with Crippen molar-refractivity contribution in [3.8, 4) is 5.75 Å². The standard InChI is InChI=1S/C22H31BO10/c1-11-9-17(23)7-8-18(11)33-22(28)21(32-16(6)27)20(31-15(5)26)19(30-14(4)25)12(2)10-29-13(3)24/h7-9,12,19-22,28H,10,23H2,1-6H3/t12?,19-,20?,21?,22-/m1/s1. The topological polar surface area (TPSA) is 135 Å². The molecule has 0 aliphatic heterocycles. The minimum atomic E-state index is -1.79. The molecular formula is C22H31BO10. The number of hydrogen-bond donors (Lipinski definition) is 1. The van der Waals surface area contributed by atoms with Gasteiger partial charge in [0.05, 0.1) is 6.61 Å². The first-order chi connectivity index (χ1) is 15.3. The number of aliphatic hydroxyl groups is 1. The Balaban J connectivity index is 3.37. The molecule has 0 spiro atoms. The Labute approximate surface area is 193 Å². The van der Waals surface area contributed by atoms with E-state index in [0.717, 1.165) is 26.2 Å². The predicted molar refractivity (Wildman–Crippen MR) is 118 cm³/mol. The highest BCUT2D eigenvalue weighted by atomic mass is 16.7. The van der Waals surface area contributed by atoms with Gasteiger partial charge in [-0.2, -0.15) is 0 Å². The van der Waals surface area contributed by atoms with Crippen LogP contribution in [-0.2, 0) is 38.1 Å². The van der Waals surface area contributed by atoms with Crippen LogP contribution >= 0.6 is 0 Å². The van der Waals surface area contributed by atoms with Crippen molar-refractivity contribution in [2.24, 2.45) is 5.92 Å². The summed E-state index contributed by atoms with van der Waals surface area (Å²) in [6.07, 6.45) is -6.08. The highest BCUT2D eigenvalue weighted by Gasteiger charge is 2.45. The molecule has 10 nitrogen and oxygen atoms in total. The van der Waals surface area contributed by atoms with Crippen LogP contribution in [0.4, 0.5) is 0 Å². The molecule has 0 fully saturated rings. The largest absolute Gasteiger partial charge is 0.465 e. The molecular weight excluding hydrogens is 435 g/mol. The third kappa shape index (κ3) is 9.52. The van der Waals surface area contributed by atoms with Crippen LogP contribution in [0.1, 0.15) is 40.2 Å². The number of rotatable bonds is 11. The Morgan fingerprint density at radius 1 is 0.879 bits per heavy atom. The maximum Gasteiger partial charge on any atom is 0.303 e. The second-order valence-electron chi connectivity index (χ2n) is 7.78. The molecule has 182 valence electrons. The van der Waals surface area contributed by atoms with Crippen molar-refractivity contribution in [3.63, 3.8) is 0 Å². The number of carbonyl (C=O) groups is 4. The molecule has 0 saturated carbocycles. The van der Waals surface area contributed by atoms with E-state index in [1.54, 1.807) is 26.0 Å². The molecule has 33 heavy (non-hydrogen) atoms. The van der Waals surface area contributed by atoms with Gasteiger partial charge in [-0.05, 0) is 18.6 Å². The molecule has 0 aliphatic rings. The van der Waals surface area contributed by atoms with E-state index in [9.17, 15) is 24.3 Å². The minimum absolute atomic E-state index is 0.189. The second kappa shape index (κ2) is 12.8. The first-order valence-electron chi connectivity index (χ1n) is 10.4. The summed E-state index contributed by atoms with van der Waals surface area (Å²) in [5, 5.41) is 10.9. The summed E-state index contributed by atoms with van der Waals surface area (Å²) in [7, 11) is 1.89. The van der Waals surface area contributed by atoms with Gasteiger partial charge >= 0.3 is 23.9 Å². The predicted octanol–water partition coefficient (Wildman–Crippen LogP) is -0.0551. The van der Waals surface area contributed by atoms with E-state index < -0.39 is 54.4 Å². The van der Waals surface area contributed by atoms with Gasteiger partial charge in [-0.3, -0.25) is 19.2 Å². The zero-order valence-electron chi connectivity index (χ0n) is 19.9. The van der Waals surface area contributed by atoms with Crippen LogP contribution < -0.4 is 10.2 Å². The SMILES string of the molecule is Bc1ccc(O[C@@H](O)C(OC(C)=O)C(OC(C)=O)[C@H](OC(C)=O)C(C)COC(C)=O)c(C)c1. The molecule has 1 N–H and O–H groups in total. The lowest BCUT2D eigenvalue weighted by molar-refractivity contribution is -0.216. The highest BCUT2D eigenvalue weighted by Crippen LogP contribution is 2.25. The summed E-state index contributed by atoms with van der Waals surface area (Å²) >= 11 is 0. The van der Waals surface area contributed by atoms with Gasteiger partial charge in [0.15, 0.2) is 6.10 Å². The number of aryl methyl sites for hydroxylation is 1. The molecule has 0 bridgehead atoms. The van der Waals surface area contributed by atoms with E-state index in [0.29, 0.717) is 11.3 Å². The van der Waals surface area contributed by atoms with E-state index in [2.05, 4.69) is 0 Å². The summed E-state index contributed by atoms with van der Waals surface area (Å²) < 4.78 is 26.6. The number of benzene rings is 1. The lowest BCUT2D eigenvalue weighted by atomic mass is 9.94. The van der Waals surface area contributed by atoms with Gasteiger partial charge in [0.1, 0.15) is 19.7 Å². The van der Waals surface area contributed by atoms with Crippen LogP contribution in [0, 0.1) is 12.8 Å². The monoisotopic (exact) mass is 466 g/mol. The van der Waals surface area contributed by atoms with Gasteiger partial charge in [-0.1, -0.05) is 24.5 Å². The van der Waals surface area contributed by atoms with Crippen molar-refractivity contribution < 1.29 is 48.0 Å². The van der Waals surface area contributed by atoms with Crippen molar-refractivity contribution >= 4 is 37.2 Å². The summed E-state index contributed by atoms with van der Waals surface area (Å²) in [5.41, 5.74) is 1.68. The fourth-order valence-electron chi connectivity index (χ4n) is 3.16. The van der Waals surface area contributed by atoms with E-state index in [-0.39, 0.29) is 6.61 Å². The van der Waals surface area contributed by atoms with Crippen LogP contribution in [-0.4, -0.2) is 68.0 Å². The maximum atomic E-state index is 11.9. The van der Waals surface area contributed by atoms with Crippen LogP contribution in [0.25, 0.3) is 0 Å². The van der Waals surface area contributed by atoms with E-state index in [4.69, 9.17) is 23.7 Å². The third-order valence-electron chi connectivity index (χ3n) is 4.52. The maximum absolute atomic E-state index is 11.9. The molecule has 3 unspecified atom stereocenters. The number of ether oxygens (including phenoxy) is 5. The first kappa shape index (κ1) is 28.0. The Hall–Kier alpha value is -3.08. The zero-order chi connectivity index (χ0) is 25.3. The van der Waals surface area contributed by atoms with Crippen LogP contribution in [0.3, 0.4) is 0 Å². The van der Waals surface area contributed by atoms with Gasteiger partial charge in [0, 0.05) is 33.6 Å². The van der Waals surface area contributed by atoms with E-state index in [1.807, 2.05) is 13.9 Å². The van der Waals surface area contributed by atoms with Crippen molar-refractivity contribution in [2.45, 2.75) is 66.1 Å². The van der Waals surface area contributed by atoms with Crippen molar-refractivity contribution in [2.75, 3.05) is 6.61 Å². The summed E-state index contributed by atoms with van der Waals surface area (Å²) in [4.78, 5) is 46.8. The van der Waals surface area contributed by atoms with Gasteiger partial charge in [0.25, 0.3) is 0 Å².